The molecule has 0 saturated carbocycles. The highest BCUT2D eigenvalue weighted by molar-refractivity contribution is 5.62. The van der Waals surface area contributed by atoms with E-state index in [4.69, 9.17) is 4.74 Å². The Balaban J connectivity index is 1.55. The fourth-order valence-electron chi connectivity index (χ4n) is 4.10. The van der Waals surface area contributed by atoms with Crippen LogP contribution in [0.5, 0.6) is 5.75 Å². The predicted octanol–water partition coefficient (Wildman–Crippen LogP) is 3.95. The van der Waals surface area contributed by atoms with Crippen molar-refractivity contribution < 1.29 is 9.84 Å². The lowest BCUT2D eigenvalue weighted by Gasteiger charge is -2.34. The number of likely N-dealkylation sites (N-methyl/N-ethyl adjacent to an activating group) is 1. The summed E-state index contributed by atoms with van der Waals surface area (Å²) in [6.45, 7) is 2.00. The van der Waals surface area contributed by atoms with Crippen molar-refractivity contribution >= 4 is 5.69 Å². The van der Waals surface area contributed by atoms with Gasteiger partial charge in [-0.3, -0.25) is 0 Å². The first kappa shape index (κ1) is 19.5. The molecule has 1 aliphatic heterocycles. The number of nitrogens with one attached hydrogen (secondary N) is 1. The second-order valence-electron chi connectivity index (χ2n) is 7.49. The molecule has 0 aliphatic carbocycles. The summed E-state index contributed by atoms with van der Waals surface area (Å²) >= 11 is 0. The lowest BCUT2D eigenvalue weighted by atomic mass is 9.99. The number of hydrogen-bond donors (Lipinski definition) is 2. The van der Waals surface area contributed by atoms with E-state index in [1.807, 2.05) is 49.5 Å². The summed E-state index contributed by atoms with van der Waals surface area (Å²) in [7, 11) is 1.87. The number of anilines is 1. The molecule has 0 fully saturated rings. The van der Waals surface area contributed by atoms with Gasteiger partial charge in [-0.2, -0.15) is 0 Å². The molecule has 4 rings (SSSR count). The summed E-state index contributed by atoms with van der Waals surface area (Å²) in [5.74, 6) is 0.890. The van der Waals surface area contributed by atoms with E-state index in [1.54, 1.807) is 0 Å². The summed E-state index contributed by atoms with van der Waals surface area (Å²) in [6, 6.07) is 26.7. The molecular formula is C25H28N2O2. The summed E-state index contributed by atoms with van der Waals surface area (Å²) < 4.78 is 6.01. The predicted molar refractivity (Wildman–Crippen MR) is 117 cm³/mol. The molecule has 29 heavy (non-hydrogen) atoms. The Hall–Kier alpha value is -2.82. The molecule has 0 bridgehead atoms. The minimum Gasteiger partial charge on any atom is -0.489 e. The third-order valence-electron chi connectivity index (χ3n) is 5.49. The van der Waals surface area contributed by atoms with Gasteiger partial charge in [-0.15, -0.1) is 0 Å². The Labute approximate surface area is 172 Å². The third kappa shape index (κ3) is 4.44. The summed E-state index contributed by atoms with van der Waals surface area (Å²) in [5, 5.41) is 14.0. The zero-order chi connectivity index (χ0) is 20.1. The molecule has 0 spiro atoms. The number of nitrogens with zero attached hydrogens (tertiary/aromatic N) is 1. The highest BCUT2D eigenvalue weighted by atomic mass is 16.5. The Morgan fingerprint density at radius 3 is 2.45 bits per heavy atom. The van der Waals surface area contributed by atoms with Crippen molar-refractivity contribution in [2.75, 3.05) is 25.0 Å². The van der Waals surface area contributed by atoms with Crippen LogP contribution in [0, 0.1) is 0 Å². The van der Waals surface area contributed by atoms with Crippen LogP contribution in [0.2, 0.25) is 0 Å². The molecule has 0 radical (unpaired) electrons. The van der Waals surface area contributed by atoms with Gasteiger partial charge in [-0.05, 0) is 48.4 Å². The molecule has 4 heteroatoms. The van der Waals surface area contributed by atoms with E-state index < -0.39 is 6.10 Å². The molecule has 0 unspecified atom stereocenters. The SMILES string of the molecule is CNC[C@@H](O)[C@H](c1ccccc1)N1CCc2cc(OCc3ccccc3)ccc21. The first-order valence-electron chi connectivity index (χ1n) is 10.2. The second-order valence-corrected chi connectivity index (χ2v) is 7.49. The molecular weight excluding hydrogens is 360 g/mol. The van der Waals surface area contributed by atoms with Gasteiger partial charge in [-0.25, -0.2) is 0 Å². The molecule has 3 aromatic carbocycles. The van der Waals surface area contributed by atoms with E-state index in [-0.39, 0.29) is 6.04 Å². The quantitative estimate of drug-likeness (QED) is 0.613. The highest BCUT2D eigenvalue weighted by Crippen LogP contribution is 2.38. The largest absolute Gasteiger partial charge is 0.489 e. The maximum Gasteiger partial charge on any atom is 0.120 e. The van der Waals surface area contributed by atoms with Crippen LogP contribution in [0.4, 0.5) is 5.69 Å². The number of aliphatic hydroxyl groups is 1. The van der Waals surface area contributed by atoms with Crippen molar-refractivity contribution in [1.29, 1.82) is 0 Å². The molecule has 2 N–H and O–H groups in total. The molecule has 2 atom stereocenters. The Morgan fingerprint density at radius 1 is 1.00 bits per heavy atom. The molecule has 1 heterocycles. The molecule has 150 valence electrons. The van der Waals surface area contributed by atoms with Gasteiger partial charge in [0, 0.05) is 18.8 Å². The van der Waals surface area contributed by atoms with Gasteiger partial charge in [-0.1, -0.05) is 60.7 Å². The van der Waals surface area contributed by atoms with Gasteiger partial charge < -0.3 is 20.1 Å². The van der Waals surface area contributed by atoms with E-state index in [0.29, 0.717) is 13.2 Å². The number of ether oxygens (including phenoxy) is 1. The van der Waals surface area contributed by atoms with E-state index in [2.05, 4.69) is 46.6 Å². The van der Waals surface area contributed by atoms with Crippen molar-refractivity contribution in [1.82, 2.24) is 5.32 Å². The average molecular weight is 389 g/mol. The van der Waals surface area contributed by atoms with Crippen molar-refractivity contribution in [2.24, 2.45) is 0 Å². The second kappa shape index (κ2) is 9.12. The van der Waals surface area contributed by atoms with E-state index in [1.165, 1.54) is 11.3 Å². The van der Waals surface area contributed by atoms with Gasteiger partial charge in [0.1, 0.15) is 12.4 Å². The third-order valence-corrected chi connectivity index (χ3v) is 5.49. The van der Waals surface area contributed by atoms with E-state index >= 15 is 0 Å². The minimum absolute atomic E-state index is 0.0824. The first-order valence-corrected chi connectivity index (χ1v) is 10.2. The van der Waals surface area contributed by atoms with Crippen molar-refractivity contribution in [3.63, 3.8) is 0 Å². The highest BCUT2D eigenvalue weighted by Gasteiger charge is 2.32. The van der Waals surface area contributed by atoms with Gasteiger partial charge >= 0.3 is 0 Å². The minimum atomic E-state index is -0.498. The lowest BCUT2D eigenvalue weighted by molar-refractivity contribution is 0.141. The molecule has 0 saturated heterocycles. The summed E-state index contributed by atoms with van der Waals surface area (Å²) in [6.07, 6.45) is 0.454. The normalized spacial score (nSPS) is 15.0. The first-order chi connectivity index (χ1) is 14.3. The number of fused-ring (bicyclic) bond motifs is 1. The Kier molecular flexibility index (Phi) is 6.13. The molecule has 3 aromatic rings. The Morgan fingerprint density at radius 2 is 1.72 bits per heavy atom. The summed E-state index contributed by atoms with van der Waals surface area (Å²) in [5.41, 5.74) is 4.75. The van der Waals surface area contributed by atoms with Crippen LogP contribution in [0.15, 0.2) is 78.9 Å². The maximum absolute atomic E-state index is 10.9. The average Bonchev–Trinajstić information content (AvgIpc) is 3.17. The molecule has 0 aromatic heterocycles. The Bertz CT molecular complexity index is 915. The van der Waals surface area contributed by atoms with Crippen LogP contribution in [-0.4, -0.2) is 31.3 Å². The standard InChI is InChI=1S/C25H28N2O2/c1-26-17-24(28)25(20-10-6-3-7-11-20)27-15-14-21-16-22(12-13-23(21)27)29-18-19-8-4-2-5-9-19/h2-13,16,24-26,28H,14-15,17-18H2,1H3/t24-,25+/m1/s1. The van der Waals surface area contributed by atoms with Crippen LogP contribution >= 0.6 is 0 Å². The fourth-order valence-corrected chi connectivity index (χ4v) is 4.10. The van der Waals surface area contributed by atoms with Gasteiger partial charge in [0.15, 0.2) is 0 Å². The molecule has 4 nitrogen and oxygen atoms in total. The summed E-state index contributed by atoms with van der Waals surface area (Å²) in [4.78, 5) is 2.33. The topological polar surface area (TPSA) is 44.7 Å². The van der Waals surface area contributed by atoms with Gasteiger partial charge in [0.05, 0.1) is 12.1 Å². The van der Waals surface area contributed by atoms with Crippen molar-refractivity contribution in [3.05, 3.63) is 95.6 Å². The number of hydrogen-bond acceptors (Lipinski definition) is 4. The van der Waals surface area contributed by atoms with Crippen molar-refractivity contribution in [3.8, 4) is 5.75 Å². The fraction of sp³-hybridized carbons (Fsp3) is 0.280. The number of benzene rings is 3. The van der Waals surface area contributed by atoms with E-state index in [9.17, 15) is 5.11 Å². The molecule has 1 aliphatic rings. The smallest absolute Gasteiger partial charge is 0.120 e. The monoisotopic (exact) mass is 388 g/mol. The van der Waals surface area contributed by atoms with Crippen LogP contribution in [-0.2, 0) is 13.0 Å². The number of rotatable bonds is 8. The zero-order valence-corrected chi connectivity index (χ0v) is 16.8. The van der Waals surface area contributed by atoms with Gasteiger partial charge in [0.25, 0.3) is 0 Å². The zero-order valence-electron chi connectivity index (χ0n) is 16.8. The van der Waals surface area contributed by atoms with Crippen LogP contribution in [0.3, 0.4) is 0 Å². The maximum atomic E-state index is 10.9. The van der Waals surface area contributed by atoms with Crippen LogP contribution < -0.4 is 15.0 Å². The van der Waals surface area contributed by atoms with Crippen LogP contribution in [0.1, 0.15) is 22.7 Å². The molecule has 0 amide bonds. The lowest BCUT2D eigenvalue weighted by Crippen LogP contribution is -2.40. The van der Waals surface area contributed by atoms with E-state index in [0.717, 1.165) is 29.8 Å². The van der Waals surface area contributed by atoms with Gasteiger partial charge in [0.2, 0.25) is 0 Å². The number of aliphatic hydroxyl groups excluding tert-OH is 1. The van der Waals surface area contributed by atoms with Crippen molar-refractivity contribution in [2.45, 2.75) is 25.2 Å². The van der Waals surface area contributed by atoms with Crippen LogP contribution in [0.25, 0.3) is 0 Å².